The fourth-order valence-electron chi connectivity index (χ4n) is 2.91. The molecule has 0 aliphatic heterocycles. The molecule has 2 unspecified atom stereocenters. The molecule has 0 aromatic heterocycles. The summed E-state index contributed by atoms with van der Waals surface area (Å²) in [5, 5.41) is 0. The summed E-state index contributed by atoms with van der Waals surface area (Å²) in [4.78, 5) is 9.87. The van der Waals surface area contributed by atoms with Gasteiger partial charge in [-0.15, -0.1) is 0 Å². The van der Waals surface area contributed by atoms with Crippen LogP contribution in [-0.4, -0.2) is 17.1 Å². The first kappa shape index (κ1) is 19.3. The molecule has 2 aliphatic rings. The highest BCUT2D eigenvalue weighted by molar-refractivity contribution is 8.93. The van der Waals surface area contributed by atoms with Crippen molar-refractivity contribution in [2.75, 3.05) is 0 Å². The average molecular weight is 390 g/mol. The summed E-state index contributed by atoms with van der Waals surface area (Å²) in [5.41, 5.74) is 0. The van der Waals surface area contributed by atoms with E-state index >= 15 is 0 Å². The zero-order valence-electron chi connectivity index (χ0n) is 12.5. The van der Waals surface area contributed by atoms with Gasteiger partial charge in [-0.2, -0.15) is 4.31 Å². The Balaban J connectivity index is 1.91. The maximum Gasteiger partial charge on any atom is 0.480 e. The second-order valence-corrected chi connectivity index (χ2v) is 12.2. The Hall–Kier alpha value is 1.000. The van der Waals surface area contributed by atoms with Crippen LogP contribution in [0.1, 0.15) is 64.2 Å². The first-order valence-corrected chi connectivity index (χ1v) is 13.3. The van der Waals surface area contributed by atoms with Crippen molar-refractivity contribution >= 4 is 36.7 Å². The van der Waals surface area contributed by atoms with E-state index in [4.69, 9.17) is 13.4 Å². The Morgan fingerprint density at radius 2 is 1.32 bits per heavy atom. The maximum atomic E-state index is 12.5. The first-order chi connectivity index (χ1) is 10.4. The number of phosphoric acid groups is 1. The van der Waals surface area contributed by atoms with Crippen LogP contribution in [0.5, 0.6) is 0 Å². The molecule has 1 N–H and O–H groups in total. The van der Waals surface area contributed by atoms with E-state index in [0.29, 0.717) is 10.4 Å². The van der Waals surface area contributed by atoms with Crippen LogP contribution in [0.4, 0.5) is 0 Å². The van der Waals surface area contributed by atoms with Gasteiger partial charge in [0.2, 0.25) is 0 Å². The number of hydrogen-bond donors (Lipinski definition) is 2. The number of hydrogen-bond acceptors (Lipinski definition) is 7. The third-order valence-electron chi connectivity index (χ3n) is 3.97. The number of phosphoric ester groups is 1. The van der Waals surface area contributed by atoms with Gasteiger partial charge in [0.05, 0.1) is 12.2 Å². The molecule has 0 aromatic carbocycles. The van der Waals surface area contributed by atoms with Crippen LogP contribution in [0.3, 0.4) is 0 Å². The molecule has 10 heteroatoms. The lowest BCUT2D eigenvalue weighted by Crippen LogP contribution is -2.17. The van der Waals surface area contributed by atoms with Gasteiger partial charge in [-0.05, 0) is 25.7 Å². The molecule has 0 aromatic rings. The normalized spacial score (nSPS) is 27.2. The van der Waals surface area contributed by atoms with E-state index < -0.39 is 14.6 Å². The SMILES string of the molecule is O=P(O)(OC1CCCCC1)OP(=O)(OC1CCCCC1)SS. The molecule has 0 heterocycles. The molecule has 0 spiro atoms. The van der Waals surface area contributed by atoms with Crippen LogP contribution in [-0.2, 0) is 22.5 Å². The lowest BCUT2D eigenvalue weighted by atomic mass is 9.98. The van der Waals surface area contributed by atoms with E-state index in [-0.39, 0.29) is 12.2 Å². The lowest BCUT2D eigenvalue weighted by Gasteiger charge is -2.28. The van der Waals surface area contributed by atoms with Crippen molar-refractivity contribution in [2.45, 2.75) is 76.4 Å². The molecular formula is C12H24O6P2S2. The van der Waals surface area contributed by atoms with Crippen molar-refractivity contribution in [1.82, 2.24) is 0 Å². The Kier molecular flexibility index (Phi) is 7.83. The highest BCUT2D eigenvalue weighted by atomic mass is 33.3. The molecule has 2 rings (SSSR count). The minimum Gasteiger partial charge on any atom is -0.302 e. The minimum absolute atomic E-state index is 0.214. The van der Waals surface area contributed by atoms with Crippen LogP contribution in [0.15, 0.2) is 0 Å². The van der Waals surface area contributed by atoms with E-state index in [9.17, 15) is 14.0 Å². The van der Waals surface area contributed by atoms with Crippen LogP contribution in [0.25, 0.3) is 0 Å². The van der Waals surface area contributed by atoms with Gasteiger partial charge >= 0.3 is 14.6 Å². The Morgan fingerprint density at radius 1 is 0.864 bits per heavy atom. The second kappa shape index (κ2) is 8.91. The predicted octanol–water partition coefficient (Wildman–Crippen LogP) is 5.49. The van der Waals surface area contributed by atoms with Crippen molar-refractivity contribution in [2.24, 2.45) is 0 Å². The molecular weight excluding hydrogens is 366 g/mol. The molecule has 0 amide bonds. The van der Waals surface area contributed by atoms with E-state index in [1.54, 1.807) is 0 Å². The molecule has 22 heavy (non-hydrogen) atoms. The maximum absolute atomic E-state index is 12.5. The quantitative estimate of drug-likeness (QED) is 0.338. The summed E-state index contributed by atoms with van der Waals surface area (Å²) >= 11 is 3.89. The zero-order chi connectivity index (χ0) is 16.1. The summed E-state index contributed by atoms with van der Waals surface area (Å²) in [6.07, 6.45) is 8.60. The molecule has 130 valence electrons. The van der Waals surface area contributed by atoms with Crippen LogP contribution >= 0.6 is 36.7 Å². The molecule has 0 radical (unpaired) electrons. The molecule has 2 atom stereocenters. The summed E-state index contributed by atoms with van der Waals surface area (Å²) < 4.78 is 40.2. The van der Waals surface area contributed by atoms with Crippen LogP contribution < -0.4 is 0 Å². The second-order valence-electron chi connectivity index (χ2n) is 5.81. The Labute approximate surface area is 140 Å². The lowest BCUT2D eigenvalue weighted by molar-refractivity contribution is 0.0964. The van der Waals surface area contributed by atoms with Crippen LogP contribution in [0, 0.1) is 0 Å². The van der Waals surface area contributed by atoms with Crippen LogP contribution in [0.2, 0.25) is 0 Å². The first-order valence-electron chi connectivity index (χ1n) is 7.76. The van der Waals surface area contributed by atoms with Gasteiger partial charge in [0, 0.05) is 10.4 Å². The fraction of sp³-hybridized carbons (Fsp3) is 1.00. The third kappa shape index (κ3) is 6.48. The topological polar surface area (TPSA) is 82.1 Å². The van der Waals surface area contributed by atoms with E-state index in [0.717, 1.165) is 64.2 Å². The molecule has 0 saturated heterocycles. The Morgan fingerprint density at radius 3 is 1.77 bits per heavy atom. The van der Waals surface area contributed by atoms with E-state index in [1.165, 1.54) is 0 Å². The van der Waals surface area contributed by atoms with Gasteiger partial charge in [0.25, 0.3) is 0 Å². The number of thiol groups is 1. The van der Waals surface area contributed by atoms with Gasteiger partial charge in [-0.3, -0.25) is 9.05 Å². The standard InChI is InChI=1S/C12H24O6P2S2/c13-19(14,16-11-7-3-1-4-8-11)18-20(15,22-21)17-12-9-5-2-6-10-12/h11-12,21H,1-10H2,(H,13,14). The molecule has 2 saturated carbocycles. The fourth-order valence-corrected chi connectivity index (χ4v) is 8.21. The highest BCUT2D eigenvalue weighted by Crippen LogP contribution is 2.72. The van der Waals surface area contributed by atoms with Crippen molar-refractivity contribution < 1.29 is 27.4 Å². The summed E-state index contributed by atoms with van der Waals surface area (Å²) in [6, 6.07) is 0. The molecule has 0 bridgehead atoms. The van der Waals surface area contributed by atoms with E-state index in [1.807, 2.05) is 0 Å². The molecule has 6 nitrogen and oxygen atoms in total. The smallest absolute Gasteiger partial charge is 0.302 e. The van der Waals surface area contributed by atoms with Crippen molar-refractivity contribution in [3.63, 3.8) is 0 Å². The predicted molar refractivity (Wildman–Crippen MR) is 91.0 cm³/mol. The highest BCUT2D eigenvalue weighted by Gasteiger charge is 2.40. The van der Waals surface area contributed by atoms with Crippen molar-refractivity contribution in [3.05, 3.63) is 0 Å². The monoisotopic (exact) mass is 390 g/mol. The van der Waals surface area contributed by atoms with Gasteiger partial charge in [-0.1, -0.05) is 50.2 Å². The van der Waals surface area contributed by atoms with Crippen molar-refractivity contribution in [1.29, 1.82) is 0 Å². The van der Waals surface area contributed by atoms with Gasteiger partial charge in [0.15, 0.2) is 0 Å². The summed E-state index contributed by atoms with van der Waals surface area (Å²) in [5.74, 6) is 0. The summed E-state index contributed by atoms with van der Waals surface area (Å²) in [6.45, 7) is -3.82. The Bertz CT molecular complexity index is 437. The summed E-state index contributed by atoms with van der Waals surface area (Å²) in [7, 11) is -3.88. The number of rotatable bonds is 7. The average Bonchev–Trinajstić information content (AvgIpc) is 2.48. The molecule has 2 aliphatic carbocycles. The van der Waals surface area contributed by atoms with Gasteiger partial charge in [-0.25, -0.2) is 9.13 Å². The van der Waals surface area contributed by atoms with Gasteiger partial charge < -0.3 is 4.89 Å². The van der Waals surface area contributed by atoms with Gasteiger partial charge in [0.1, 0.15) is 0 Å². The zero-order valence-corrected chi connectivity index (χ0v) is 16.0. The van der Waals surface area contributed by atoms with E-state index in [2.05, 4.69) is 11.7 Å². The largest absolute Gasteiger partial charge is 0.480 e. The molecule has 2 fully saturated rings. The van der Waals surface area contributed by atoms with Crippen molar-refractivity contribution in [3.8, 4) is 0 Å². The third-order valence-corrected chi connectivity index (χ3v) is 10.2. The minimum atomic E-state index is -4.42.